The van der Waals surface area contributed by atoms with Crippen LogP contribution in [-0.4, -0.2) is 35.8 Å². The first-order chi connectivity index (χ1) is 10.4. The summed E-state index contributed by atoms with van der Waals surface area (Å²) < 4.78 is 30.9. The van der Waals surface area contributed by atoms with Crippen molar-refractivity contribution in [1.29, 1.82) is 0 Å². The van der Waals surface area contributed by atoms with E-state index in [4.69, 9.17) is 0 Å². The summed E-state index contributed by atoms with van der Waals surface area (Å²) in [6, 6.07) is 2.79. The third kappa shape index (κ3) is 3.55. The van der Waals surface area contributed by atoms with Gasteiger partial charge >= 0.3 is 5.97 Å². The number of nitrogens with zero attached hydrogens (tertiary/aromatic N) is 1. The standard InChI is InChI=1S/C15H13F2NO4/c1-2-22-14(20)8-18-13(19)6-10(15(18)21)3-9-4-11(16)7-12(17)5-9/h3-5,7H,2,6,8H2,1H3/b10-3+. The maximum absolute atomic E-state index is 13.1. The van der Waals surface area contributed by atoms with Gasteiger partial charge in [-0.15, -0.1) is 0 Å². The van der Waals surface area contributed by atoms with E-state index in [-0.39, 0.29) is 24.2 Å². The van der Waals surface area contributed by atoms with E-state index >= 15 is 0 Å². The Morgan fingerprint density at radius 1 is 1.27 bits per heavy atom. The fourth-order valence-corrected chi connectivity index (χ4v) is 2.09. The van der Waals surface area contributed by atoms with Gasteiger partial charge in [-0.2, -0.15) is 0 Å². The van der Waals surface area contributed by atoms with Crippen LogP contribution in [0.15, 0.2) is 23.8 Å². The third-order valence-electron chi connectivity index (χ3n) is 2.98. The van der Waals surface area contributed by atoms with Gasteiger partial charge in [-0.25, -0.2) is 8.78 Å². The van der Waals surface area contributed by atoms with E-state index in [0.29, 0.717) is 6.07 Å². The van der Waals surface area contributed by atoms with Crippen LogP contribution in [0, 0.1) is 11.6 Å². The number of hydrogen-bond acceptors (Lipinski definition) is 4. The number of imide groups is 1. The molecule has 0 aliphatic carbocycles. The van der Waals surface area contributed by atoms with Crippen LogP contribution in [0.3, 0.4) is 0 Å². The molecule has 7 heteroatoms. The molecule has 0 bridgehead atoms. The van der Waals surface area contributed by atoms with Crippen molar-refractivity contribution < 1.29 is 27.9 Å². The first-order valence-electron chi connectivity index (χ1n) is 6.57. The van der Waals surface area contributed by atoms with Crippen LogP contribution in [0.2, 0.25) is 0 Å². The molecule has 2 amide bonds. The zero-order chi connectivity index (χ0) is 16.3. The minimum atomic E-state index is -0.785. The van der Waals surface area contributed by atoms with Crippen LogP contribution in [0.25, 0.3) is 6.08 Å². The lowest BCUT2D eigenvalue weighted by Crippen LogP contribution is -2.35. The number of hydrogen-bond donors (Lipinski definition) is 0. The maximum atomic E-state index is 13.1. The summed E-state index contributed by atoms with van der Waals surface area (Å²) in [5.41, 5.74) is 0.200. The Balaban J connectivity index is 2.20. The number of carbonyl (C=O) groups is 3. The van der Waals surface area contributed by atoms with E-state index in [1.807, 2.05) is 0 Å². The summed E-state index contributed by atoms with van der Waals surface area (Å²) in [5.74, 6) is -3.48. The summed E-state index contributed by atoms with van der Waals surface area (Å²) in [6.07, 6.45) is 1.01. The van der Waals surface area contributed by atoms with Crippen LogP contribution in [0.4, 0.5) is 8.78 Å². The lowest BCUT2D eigenvalue weighted by atomic mass is 10.1. The predicted molar refractivity (Wildman–Crippen MR) is 72.3 cm³/mol. The molecule has 116 valence electrons. The Bertz CT molecular complexity index is 649. The van der Waals surface area contributed by atoms with E-state index in [1.165, 1.54) is 6.08 Å². The van der Waals surface area contributed by atoms with Crippen LogP contribution in [-0.2, 0) is 19.1 Å². The average Bonchev–Trinajstić information content (AvgIpc) is 2.65. The van der Waals surface area contributed by atoms with Crippen molar-refractivity contribution in [3.8, 4) is 0 Å². The highest BCUT2D eigenvalue weighted by molar-refractivity contribution is 6.16. The molecule has 1 aliphatic rings. The molecule has 1 aromatic carbocycles. The van der Waals surface area contributed by atoms with Gasteiger partial charge in [0, 0.05) is 11.6 Å². The Kier molecular flexibility index (Phi) is 4.65. The minimum Gasteiger partial charge on any atom is -0.465 e. The Hall–Kier alpha value is -2.57. The van der Waals surface area contributed by atoms with Crippen LogP contribution in [0.5, 0.6) is 0 Å². The lowest BCUT2D eigenvalue weighted by molar-refractivity contribution is -0.151. The molecule has 0 saturated carbocycles. The molecule has 5 nitrogen and oxygen atoms in total. The highest BCUT2D eigenvalue weighted by Crippen LogP contribution is 2.22. The minimum absolute atomic E-state index is 0.0688. The van der Waals surface area contributed by atoms with Crippen LogP contribution < -0.4 is 0 Å². The molecule has 0 spiro atoms. The fourth-order valence-electron chi connectivity index (χ4n) is 2.09. The number of carbonyl (C=O) groups excluding carboxylic acids is 3. The first-order valence-corrected chi connectivity index (χ1v) is 6.57. The molecule has 1 fully saturated rings. The maximum Gasteiger partial charge on any atom is 0.326 e. The largest absolute Gasteiger partial charge is 0.465 e. The van der Waals surface area contributed by atoms with E-state index in [9.17, 15) is 23.2 Å². The number of benzene rings is 1. The van der Waals surface area contributed by atoms with Gasteiger partial charge in [-0.3, -0.25) is 19.3 Å². The molecule has 0 unspecified atom stereocenters. The van der Waals surface area contributed by atoms with Gasteiger partial charge in [0.2, 0.25) is 5.91 Å². The Labute approximate surface area is 125 Å². The number of esters is 1. The molecular formula is C15H13F2NO4. The van der Waals surface area contributed by atoms with Crippen molar-refractivity contribution in [2.24, 2.45) is 0 Å². The normalized spacial score (nSPS) is 16.5. The molecule has 1 heterocycles. The van der Waals surface area contributed by atoms with Gasteiger partial charge in [0.05, 0.1) is 13.0 Å². The second-order valence-corrected chi connectivity index (χ2v) is 4.64. The third-order valence-corrected chi connectivity index (χ3v) is 2.98. The van der Waals surface area contributed by atoms with E-state index < -0.39 is 36.0 Å². The molecule has 0 atom stereocenters. The van der Waals surface area contributed by atoms with Gasteiger partial charge in [0.15, 0.2) is 0 Å². The van der Waals surface area contributed by atoms with Gasteiger partial charge in [0.1, 0.15) is 18.2 Å². The van der Waals surface area contributed by atoms with E-state index in [2.05, 4.69) is 4.74 Å². The summed E-state index contributed by atoms with van der Waals surface area (Å²) in [7, 11) is 0. The van der Waals surface area contributed by atoms with Crippen LogP contribution >= 0.6 is 0 Å². The van der Waals surface area contributed by atoms with Gasteiger partial charge in [0.25, 0.3) is 5.91 Å². The topological polar surface area (TPSA) is 63.7 Å². The van der Waals surface area contributed by atoms with Gasteiger partial charge in [-0.1, -0.05) is 0 Å². The van der Waals surface area contributed by atoms with Gasteiger partial charge < -0.3 is 4.74 Å². The highest BCUT2D eigenvalue weighted by atomic mass is 19.1. The molecule has 1 aromatic rings. The molecule has 1 aliphatic heterocycles. The van der Waals surface area contributed by atoms with E-state index in [1.54, 1.807) is 6.92 Å². The molecule has 1 saturated heterocycles. The lowest BCUT2D eigenvalue weighted by Gasteiger charge is -2.11. The highest BCUT2D eigenvalue weighted by Gasteiger charge is 2.35. The number of ether oxygens (including phenoxy) is 1. The summed E-state index contributed by atoms with van der Waals surface area (Å²) in [6.45, 7) is 1.27. The summed E-state index contributed by atoms with van der Waals surface area (Å²) in [5, 5.41) is 0. The van der Waals surface area contributed by atoms with Crippen molar-refractivity contribution >= 4 is 23.9 Å². The van der Waals surface area contributed by atoms with Crippen molar-refractivity contribution in [1.82, 2.24) is 4.90 Å². The molecule has 22 heavy (non-hydrogen) atoms. The second-order valence-electron chi connectivity index (χ2n) is 4.64. The van der Waals surface area contributed by atoms with E-state index in [0.717, 1.165) is 17.0 Å². The molecule has 0 radical (unpaired) electrons. The monoisotopic (exact) mass is 309 g/mol. The molecule has 0 aromatic heterocycles. The molecule has 2 rings (SSSR count). The first kappa shape index (κ1) is 15.8. The second kappa shape index (κ2) is 6.46. The van der Waals surface area contributed by atoms with Crippen molar-refractivity contribution in [2.75, 3.05) is 13.2 Å². The number of amides is 2. The number of rotatable bonds is 4. The van der Waals surface area contributed by atoms with Crippen molar-refractivity contribution in [2.45, 2.75) is 13.3 Å². The average molecular weight is 309 g/mol. The Morgan fingerprint density at radius 3 is 2.50 bits per heavy atom. The fraction of sp³-hybridized carbons (Fsp3) is 0.267. The predicted octanol–water partition coefficient (Wildman–Crippen LogP) is 1.67. The smallest absolute Gasteiger partial charge is 0.326 e. The summed E-state index contributed by atoms with van der Waals surface area (Å²) in [4.78, 5) is 36.0. The van der Waals surface area contributed by atoms with Crippen molar-refractivity contribution in [3.05, 3.63) is 41.0 Å². The zero-order valence-electron chi connectivity index (χ0n) is 11.8. The Morgan fingerprint density at radius 2 is 1.91 bits per heavy atom. The van der Waals surface area contributed by atoms with Gasteiger partial charge in [-0.05, 0) is 30.7 Å². The zero-order valence-corrected chi connectivity index (χ0v) is 11.8. The SMILES string of the molecule is CCOC(=O)CN1C(=O)C/C(=C\c2cc(F)cc(F)c2)C1=O. The number of likely N-dealkylation sites (tertiary alicyclic amines) is 1. The number of halogens is 2. The quantitative estimate of drug-likeness (QED) is 0.482. The van der Waals surface area contributed by atoms with Crippen molar-refractivity contribution in [3.63, 3.8) is 0 Å². The molecule has 0 N–H and O–H groups in total. The summed E-state index contributed by atoms with van der Waals surface area (Å²) >= 11 is 0. The molecular weight excluding hydrogens is 296 g/mol. The van der Waals surface area contributed by atoms with Crippen LogP contribution in [0.1, 0.15) is 18.9 Å².